The zero-order valence-electron chi connectivity index (χ0n) is 60.8. The van der Waals surface area contributed by atoms with Gasteiger partial charge in [0, 0.05) is 12.3 Å². The van der Waals surface area contributed by atoms with E-state index in [-0.39, 0.29) is 5.92 Å². The minimum Gasteiger partial charge on any atom is -0.171 e. The molecule has 6 aliphatic carbocycles. The van der Waals surface area contributed by atoms with E-state index in [4.69, 9.17) is 0 Å². The van der Waals surface area contributed by atoms with Gasteiger partial charge in [0.1, 0.15) is 0 Å². The fourth-order valence-corrected chi connectivity index (χ4v) is 12.4. The SMILES string of the molecule is CC.CC(C)C.CC(C)C(F)(F)F.CC1CCC2(CC1)CC(C)(C)CC(C)(C)C2.CC1CCC2(CC1)CCC(C)(C)CC2.CC1CCC2(CCCC2)CC1.CCC.CCC(C)C.CCC(C)CC.CCCC.CC[C@H](C)CC(F)(F)F. The van der Waals surface area contributed by atoms with Crippen LogP contribution in [0.3, 0.4) is 0 Å². The highest BCUT2D eigenvalue weighted by atomic mass is 19.4. The van der Waals surface area contributed by atoms with Crippen LogP contribution < -0.4 is 0 Å². The Labute approximate surface area is 509 Å². The van der Waals surface area contributed by atoms with Crippen molar-refractivity contribution in [1.82, 2.24) is 0 Å². The van der Waals surface area contributed by atoms with Gasteiger partial charge in [-0.3, -0.25) is 0 Å². The number of rotatable bonds is 6. The average molecular weight is 1170 g/mol. The van der Waals surface area contributed by atoms with Crippen molar-refractivity contribution in [2.75, 3.05) is 0 Å². The molecule has 3 spiro atoms. The minimum atomic E-state index is -4.00. The predicted molar refractivity (Wildman–Crippen MR) is 357 cm³/mol. The van der Waals surface area contributed by atoms with E-state index in [0.29, 0.717) is 28.1 Å². The van der Waals surface area contributed by atoms with Crippen LogP contribution in [0.15, 0.2) is 0 Å². The van der Waals surface area contributed by atoms with Gasteiger partial charge in [-0.25, -0.2) is 0 Å². The Kier molecular flexibility index (Phi) is 51.5. The van der Waals surface area contributed by atoms with Crippen LogP contribution in [0.5, 0.6) is 0 Å². The molecule has 0 radical (unpaired) electrons. The molecule has 6 fully saturated rings. The lowest BCUT2D eigenvalue weighted by Gasteiger charge is -2.54. The molecule has 0 aromatic carbocycles. The van der Waals surface area contributed by atoms with Crippen molar-refractivity contribution in [3.63, 3.8) is 0 Å². The molecule has 1 atom stereocenters. The van der Waals surface area contributed by atoms with Gasteiger partial charge >= 0.3 is 12.4 Å². The number of alkyl halides is 6. The van der Waals surface area contributed by atoms with Crippen molar-refractivity contribution in [3.05, 3.63) is 0 Å². The second-order valence-corrected chi connectivity index (χ2v) is 31.5. The fraction of sp³-hybridized carbons (Fsp3) is 1.00. The Morgan fingerprint density at radius 2 is 0.642 bits per heavy atom. The molecule has 81 heavy (non-hydrogen) atoms. The van der Waals surface area contributed by atoms with Crippen molar-refractivity contribution >= 4 is 0 Å². The van der Waals surface area contributed by atoms with Gasteiger partial charge in [-0.1, -0.05) is 290 Å². The molecule has 0 amide bonds. The van der Waals surface area contributed by atoms with Gasteiger partial charge in [0.15, 0.2) is 0 Å². The Balaban J connectivity index is -0.000000275. The Morgan fingerprint density at radius 3 is 0.840 bits per heavy atom. The fourth-order valence-electron chi connectivity index (χ4n) is 12.4. The van der Waals surface area contributed by atoms with Crippen LogP contribution in [0.25, 0.3) is 0 Å². The van der Waals surface area contributed by atoms with Crippen LogP contribution in [-0.2, 0) is 0 Å². The number of hydrogen-bond acceptors (Lipinski definition) is 0. The lowest BCUT2D eigenvalue weighted by atomic mass is 9.51. The first-order chi connectivity index (χ1) is 37.1. The zero-order valence-corrected chi connectivity index (χ0v) is 60.8. The van der Waals surface area contributed by atoms with Gasteiger partial charge < -0.3 is 0 Å². The molecule has 0 saturated heterocycles. The molecule has 6 saturated carbocycles. The first-order valence-electron chi connectivity index (χ1n) is 35.2. The zero-order chi connectivity index (χ0) is 64.5. The van der Waals surface area contributed by atoms with Gasteiger partial charge in [0.2, 0.25) is 0 Å². The van der Waals surface area contributed by atoms with Crippen molar-refractivity contribution in [2.45, 2.75) is 405 Å². The highest BCUT2D eigenvalue weighted by molar-refractivity contribution is 4.99. The van der Waals surface area contributed by atoms with E-state index in [1.54, 1.807) is 39.5 Å². The average Bonchev–Trinajstić information content (AvgIpc) is 3.83. The summed E-state index contributed by atoms with van der Waals surface area (Å²) >= 11 is 0. The van der Waals surface area contributed by atoms with Crippen molar-refractivity contribution in [1.29, 1.82) is 0 Å². The van der Waals surface area contributed by atoms with Crippen molar-refractivity contribution < 1.29 is 26.3 Å². The summed E-state index contributed by atoms with van der Waals surface area (Å²) in [7, 11) is 0. The summed E-state index contributed by atoms with van der Waals surface area (Å²) in [5, 5.41) is 0. The molecule has 6 rings (SSSR count). The van der Waals surface area contributed by atoms with E-state index in [0.717, 1.165) is 60.2 Å². The normalized spacial score (nSPS) is 21.6. The minimum absolute atomic E-state index is 0.231. The van der Waals surface area contributed by atoms with Crippen LogP contribution >= 0.6 is 0 Å². The highest BCUT2D eigenvalue weighted by Crippen LogP contribution is 2.60. The molecule has 0 aromatic rings. The summed E-state index contributed by atoms with van der Waals surface area (Å²) in [5.41, 5.74) is 4.14. The second-order valence-electron chi connectivity index (χ2n) is 31.5. The third-order valence-electron chi connectivity index (χ3n) is 18.6. The Hall–Kier alpha value is -0.420. The summed E-state index contributed by atoms with van der Waals surface area (Å²) in [6, 6.07) is 0. The summed E-state index contributed by atoms with van der Waals surface area (Å²) in [5.74, 6) is 4.24. The Morgan fingerprint density at radius 1 is 0.383 bits per heavy atom. The van der Waals surface area contributed by atoms with Gasteiger partial charge in [0.05, 0.1) is 0 Å². The molecule has 0 aliphatic heterocycles. The quantitative estimate of drug-likeness (QED) is 0.233. The van der Waals surface area contributed by atoms with E-state index >= 15 is 0 Å². The molecular formula is C75H154F6. The largest absolute Gasteiger partial charge is 0.391 e. The number of unbranched alkanes of at least 4 members (excludes halogenated alkanes) is 1. The molecule has 0 aromatic heterocycles. The van der Waals surface area contributed by atoms with Gasteiger partial charge in [-0.15, -0.1) is 0 Å². The summed E-state index contributed by atoms with van der Waals surface area (Å²) < 4.78 is 68.0. The van der Waals surface area contributed by atoms with Gasteiger partial charge in [0.25, 0.3) is 0 Å². The van der Waals surface area contributed by atoms with Gasteiger partial charge in [-0.05, 0) is 170 Å². The Bertz CT molecular complexity index is 1290. The van der Waals surface area contributed by atoms with Crippen LogP contribution in [0.4, 0.5) is 26.3 Å². The van der Waals surface area contributed by atoms with Crippen molar-refractivity contribution in [3.8, 4) is 0 Å². The molecule has 6 heteroatoms. The first kappa shape index (κ1) is 89.3. The smallest absolute Gasteiger partial charge is 0.171 e. The van der Waals surface area contributed by atoms with Crippen LogP contribution in [-0.4, -0.2) is 12.4 Å². The lowest BCUT2D eigenvalue weighted by Crippen LogP contribution is -2.43. The molecule has 496 valence electrons. The van der Waals surface area contributed by atoms with Crippen molar-refractivity contribution in [2.24, 2.45) is 79.8 Å². The van der Waals surface area contributed by atoms with E-state index in [1.807, 2.05) is 13.8 Å². The topological polar surface area (TPSA) is 0 Å². The maximum atomic E-state index is 11.5. The molecule has 6 aliphatic rings. The predicted octanol–water partition coefficient (Wildman–Crippen LogP) is 29.6. The molecule has 0 unspecified atom stereocenters. The summed E-state index contributed by atoms with van der Waals surface area (Å²) in [4.78, 5) is 0. The van der Waals surface area contributed by atoms with E-state index < -0.39 is 24.7 Å². The van der Waals surface area contributed by atoms with Crippen LogP contribution in [0.2, 0.25) is 0 Å². The van der Waals surface area contributed by atoms with E-state index in [1.165, 1.54) is 161 Å². The van der Waals surface area contributed by atoms with E-state index in [9.17, 15) is 26.3 Å². The summed E-state index contributed by atoms with van der Waals surface area (Å²) in [6.45, 7) is 60.3. The standard InChI is InChI=1S/C16H30.C14H26.C11H20.C6H11F3.C6H14.C5H12.C4H7F3.2C4H10.C3H8.C2H6/c1-13-6-8-16(9-7-13)11-14(2,3)10-15(4,5)12-16;1-12-4-6-14(7-5-12)10-8-13(2,3)9-11-14;1-10-4-8-11(9-5-10)6-2-3-7-11;1-3-5(2)4-6(7,8)9;1-4-6(3)5-2;1-4-5(2)3;1-3(2)4(5,6)7;1-4(2)3;1-3-4-2;1-3-2;1-2/h13H,6-12H2,1-5H3;12H,4-11H2,1-3H3;10H,2-9H2,1H3;5H,3-4H2,1-2H3;6H,4-5H2,1-3H3;5H,4H2,1-3H3;3H,1-2H3;4H,1-3H3;3-4H2,1-2H3;3H2,1-2H3;1-2H3/t;;;5-;;;;;;;/m...0......./s1. The van der Waals surface area contributed by atoms with Gasteiger partial charge in [-0.2, -0.15) is 26.3 Å². The third kappa shape index (κ3) is 51.3. The second kappa shape index (κ2) is 46.7. The molecule has 0 nitrogen and oxygen atoms in total. The monoisotopic (exact) mass is 1170 g/mol. The van der Waals surface area contributed by atoms with Crippen LogP contribution in [0, 0.1) is 79.8 Å². The molecular weight excluding hydrogens is 1010 g/mol. The lowest BCUT2D eigenvalue weighted by molar-refractivity contribution is -0.164. The number of hydrogen-bond donors (Lipinski definition) is 0. The third-order valence-corrected chi connectivity index (χ3v) is 18.6. The highest BCUT2D eigenvalue weighted by Gasteiger charge is 2.48. The maximum Gasteiger partial charge on any atom is 0.391 e. The first-order valence-corrected chi connectivity index (χ1v) is 35.2. The van der Waals surface area contributed by atoms with E-state index in [2.05, 4.69) is 152 Å². The maximum absolute atomic E-state index is 11.5. The number of halogens is 6. The molecule has 0 N–H and O–H groups in total. The summed E-state index contributed by atoms with van der Waals surface area (Å²) in [6.07, 6.45) is 34.5. The molecule has 0 bridgehead atoms. The van der Waals surface area contributed by atoms with Crippen LogP contribution in [0.1, 0.15) is 393 Å². The molecule has 0 heterocycles.